The van der Waals surface area contributed by atoms with Crippen molar-refractivity contribution in [2.45, 2.75) is 19.9 Å². The maximum absolute atomic E-state index is 14.3. The van der Waals surface area contributed by atoms with Crippen molar-refractivity contribution in [3.05, 3.63) is 33.1 Å². The van der Waals surface area contributed by atoms with Gasteiger partial charge in [-0.25, -0.2) is 4.39 Å². The van der Waals surface area contributed by atoms with E-state index >= 15 is 0 Å². The fraction of sp³-hybridized carbons (Fsp3) is 0.600. The molecule has 0 aromatic heterocycles. The van der Waals surface area contributed by atoms with E-state index in [-0.39, 0.29) is 23.9 Å². The molecule has 0 amide bonds. The van der Waals surface area contributed by atoms with E-state index in [0.717, 1.165) is 29.7 Å². The van der Waals surface area contributed by atoms with Gasteiger partial charge < -0.3 is 10.4 Å². The van der Waals surface area contributed by atoms with Gasteiger partial charge in [-0.1, -0.05) is 13.8 Å². The third kappa shape index (κ3) is 3.50. The van der Waals surface area contributed by atoms with Crippen LogP contribution in [0.15, 0.2) is 18.2 Å². The standard InChI is InChI=1S/C15H22FIN2O/c1-15(2,10-20)14(19-7-5-18-6-8-19)12-9-11(17)3-4-13(12)16/h3-4,9,14,18,20H,5-8,10H2,1-2H3/t14-/m0/s1. The Balaban J connectivity index is 2.42. The predicted molar refractivity (Wildman–Crippen MR) is 87.2 cm³/mol. The highest BCUT2D eigenvalue weighted by molar-refractivity contribution is 14.1. The Morgan fingerprint density at radius 3 is 2.65 bits per heavy atom. The zero-order valence-electron chi connectivity index (χ0n) is 12.0. The van der Waals surface area contributed by atoms with E-state index in [9.17, 15) is 9.50 Å². The van der Waals surface area contributed by atoms with Crippen LogP contribution in [-0.4, -0.2) is 42.8 Å². The van der Waals surface area contributed by atoms with Crippen molar-refractivity contribution >= 4 is 22.6 Å². The van der Waals surface area contributed by atoms with Gasteiger partial charge in [0.15, 0.2) is 0 Å². The van der Waals surface area contributed by atoms with E-state index in [0.29, 0.717) is 5.56 Å². The van der Waals surface area contributed by atoms with Crippen LogP contribution in [0.3, 0.4) is 0 Å². The predicted octanol–water partition coefficient (Wildman–Crippen LogP) is 2.40. The monoisotopic (exact) mass is 392 g/mol. The van der Waals surface area contributed by atoms with Crippen molar-refractivity contribution in [2.24, 2.45) is 5.41 Å². The highest BCUT2D eigenvalue weighted by atomic mass is 127. The van der Waals surface area contributed by atoms with Crippen LogP contribution in [0.5, 0.6) is 0 Å². The number of aliphatic hydroxyl groups is 1. The van der Waals surface area contributed by atoms with Crippen LogP contribution in [-0.2, 0) is 0 Å². The number of halogens is 2. The van der Waals surface area contributed by atoms with Gasteiger partial charge in [-0.2, -0.15) is 0 Å². The highest BCUT2D eigenvalue weighted by Crippen LogP contribution is 2.39. The van der Waals surface area contributed by atoms with Crippen molar-refractivity contribution in [2.75, 3.05) is 32.8 Å². The SMILES string of the molecule is CC(C)(CO)[C@H](c1cc(I)ccc1F)N1CCNCC1. The second-order valence-corrected chi connectivity index (χ2v) is 7.25. The number of rotatable bonds is 4. The minimum Gasteiger partial charge on any atom is -0.396 e. The molecule has 1 fully saturated rings. The molecule has 112 valence electrons. The van der Waals surface area contributed by atoms with Crippen LogP contribution in [0.4, 0.5) is 4.39 Å². The molecule has 0 unspecified atom stereocenters. The molecule has 0 radical (unpaired) electrons. The molecule has 1 saturated heterocycles. The van der Waals surface area contributed by atoms with Gasteiger partial charge in [0.2, 0.25) is 0 Å². The van der Waals surface area contributed by atoms with Crippen molar-refractivity contribution < 1.29 is 9.50 Å². The van der Waals surface area contributed by atoms with Crippen LogP contribution in [0, 0.1) is 14.8 Å². The molecule has 2 N–H and O–H groups in total. The summed E-state index contributed by atoms with van der Waals surface area (Å²) in [6.45, 7) is 7.59. The van der Waals surface area contributed by atoms with Crippen molar-refractivity contribution in [1.82, 2.24) is 10.2 Å². The summed E-state index contributed by atoms with van der Waals surface area (Å²) in [5, 5.41) is 13.1. The zero-order valence-corrected chi connectivity index (χ0v) is 14.2. The molecule has 2 rings (SSSR count). The van der Waals surface area contributed by atoms with Gasteiger partial charge in [0.05, 0.1) is 0 Å². The fourth-order valence-electron chi connectivity index (χ4n) is 2.86. The fourth-order valence-corrected chi connectivity index (χ4v) is 3.38. The lowest BCUT2D eigenvalue weighted by atomic mass is 9.79. The average molecular weight is 392 g/mol. The minimum absolute atomic E-state index is 0.0342. The quantitative estimate of drug-likeness (QED) is 0.773. The highest BCUT2D eigenvalue weighted by Gasteiger charge is 2.37. The first-order valence-electron chi connectivity index (χ1n) is 6.96. The third-order valence-corrected chi connectivity index (χ3v) is 4.59. The first-order chi connectivity index (χ1) is 9.45. The molecule has 1 heterocycles. The molecule has 0 spiro atoms. The summed E-state index contributed by atoms with van der Waals surface area (Å²) in [7, 11) is 0. The summed E-state index contributed by atoms with van der Waals surface area (Å²) in [5.41, 5.74) is 0.306. The molecule has 0 aliphatic carbocycles. The molecule has 5 heteroatoms. The maximum Gasteiger partial charge on any atom is 0.128 e. The lowest BCUT2D eigenvalue weighted by Crippen LogP contribution is -2.49. The third-order valence-electron chi connectivity index (χ3n) is 3.92. The smallest absolute Gasteiger partial charge is 0.128 e. The van der Waals surface area contributed by atoms with Crippen molar-refractivity contribution in [1.29, 1.82) is 0 Å². The molecular weight excluding hydrogens is 370 g/mol. The molecule has 1 aromatic rings. The van der Waals surface area contributed by atoms with E-state index in [1.807, 2.05) is 19.9 Å². The average Bonchev–Trinajstić information content (AvgIpc) is 2.44. The van der Waals surface area contributed by atoms with Gasteiger partial charge in [0, 0.05) is 53.4 Å². The van der Waals surface area contributed by atoms with Crippen molar-refractivity contribution in [3.63, 3.8) is 0 Å². The zero-order chi connectivity index (χ0) is 14.8. The summed E-state index contributed by atoms with van der Waals surface area (Å²) in [5.74, 6) is -0.185. The van der Waals surface area contributed by atoms with Crippen LogP contribution in [0.25, 0.3) is 0 Å². The second-order valence-electron chi connectivity index (χ2n) is 6.00. The Labute approximate surface area is 133 Å². The lowest BCUT2D eigenvalue weighted by molar-refractivity contribution is 0.0286. The van der Waals surface area contributed by atoms with Crippen molar-refractivity contribution in [3.8, 4) is 0 Å². The molecule has 1 aromatic carbocycles. The Morgan fingerprint density at radius 1 is 1.40 bits per heavy atom. The first kappa shape index (κ1) is 16.1. The number of nitrogens with zero attached hydrogens (tertiary/aromatic N) is 1. The van der Waals surface area contributed by atoms with Gasteiger partial charge in [-0.05, 0) is 40.8 Å². The number of piperazine rings is 1. The lowest BCUT2D eigenvalue weighted by Gasteiger charge is -2.43. The topological polar surface area (TPSA) is 35.5 Å². The van der Waals surface area contributed by atoms with E-state index < -0.39 is 0 Å². The van der Waals surface area contributed by atoms with E-state index in [2.05, 4.69) is 32.8 Å². The maximum atomic E-state index is 14.3. The van der Waals surface area contributed by atoms with Gasteiger partial charge in [0.1, 0.15) is 5.82 Å². The van der Waals surface area contributed by atoms with Crippen LogP contribution < -0.4 is 5.32 Å². The molecule has 3 nitrogen and oxygen atoms in total. The number of hydrogen-bond acceptors (Lipinski definition) is 3. The van der Waals surface area contributed by atoms with E-state index in [4.69, 9.17) is 0 Å². The Bertz CT molecular complexity index is 461. The summed E-state index contributed by atoms with van der Waals surface area (Å²) in [4.78, 5) is 2.28. The van der Waals surface area contributed by atoms with E-state index in [1.54, 1.807) is 6.07 Å². The molecular formula is C15H22FIN2O. The van der Waals surface area contributed by atoms with Crippen LogP contribution in [0.1, 0.15) is 25.5 Å². The number of hydrogen-bond donors (Lipinski definition) is 2. The molecule has 0 bridgehead atoms. The molecule has 1 aliphatic rings. The van der Waals surface area contributed by atoms with Gasteiger partial charge in [0.25, 0.3) is 0 Å². The largest absolute Gasteiger partial charge is 0.396 e. The van der Waals surface area contributed by atoms with Crippen LogP contribution >= 0.6 is 22.6 Å². The molecule has 1 atom stereocenters. The Morgan fingerprint density at radius 2 is 2.05 bits per heavy atom. The summed E-state index contributed by atoms with van der Waals surface area (Å²) in [6.07, 6.45) is 0. The van der Waals surface area contributed by atoms with E-state index in [1.165, 1.54) is 6.07 Å². The summed E-state index contributed by atoms with van der Waals surface area (Å²) >= 11 is 2.21. The van der Waals surface area contributed by atoms with Gasteiger partial charge in [-0.3, -0.25) is 4.90 Å². The summed E-state index contributed by atoms with van der Waals surface area (Å²) < 4.78 is 15.3. The Kier molecular flexibility index (Phi) is 5.39. The molecule has 1 aliphatic heterocycles. The van der Waals surface area contributed by atoms with Gasteiger partial charge >= 0.3 is 0 Å². The van der Waals surface area contributed by atoms with Gasteiger partial charge in [-0.15, -0.1) is 0 Å². The normalized spacial score (nSPS) is 19.1. The minimum atomic E-state index is -0.386. The second kappa shape index (κ2) is 6.68. The number of benzene rings is 1. The molecule has 0 saturated carbocycles. The molecule has 20 heavy (non-hydrogen) atoms. The Hall–Kier alpha value is -0.240. The first-order valence-corrected chi connectivity index (χ1v) is 8.04. The summed E-state index contributed by atoms with van der Waals surface area (Å²) in [6, 6.07) is 5.10. The number of aliphatic hydroxyl groups excluding tert-OH is 1. The number of nitrogens with one attached hydrogen (secondary N) is 1. The van der Waals surface area contributed by atoms with Crippen LogP contribution in [0.2, 0.25) is 0 Å².